The largest absolute Gasteiger partial charge is 0.550 e. The molecule has 1 heterocycles. The van der Waals surface area contributed by atoms with Crippen LogP contribution in [-0.4, -0.2) is 28.8 Å². The molecule has 0 saturated carbocycles. The molecule has 0 saturated heterocycles. The molecule has 0 unspecified atom stereocenters. The van der Waals surface area contributed by atoms with E-state index in [1.807, 2.05) is 13.8 Å². The summed E-state index contributed by atoms with van der Waals surface area (Å²) in [6, 6.07) is 12.2. The number of carboxylic acids is 1. The van der Waals surface area contributed by atoms with E-state index in [2.05, 4.69) is 0 Å². The lowest BCUT2D eigenvalue weighted by atomic mass is 10.0. The highest BCUT2D eigenvalue weighted by Gasteiger charge is 2.40. The number of carbonyl (C=O) groups is 3. The molecule has 0 N–H and O–H groups in total. The summed E-state index contributed by atoms with van der Waals surface area (Å²) in [5.41, 5.74) is 1.08. The zero-order valence-electron chi connectivity index (χ0n) is 14.5. The summed E-state index contributed by atoms with van der Waals surface area (Å²) < 4.78 is 5.57. The van der Waals surface area contributed by atoms with Crippen LogP contribution in [0.5, 0.6) is 5.75 Å². The molecule has 1 aliphatic rings. The van der Waals surface area contributed by atoms with Crippen LogP contribution in [0.25, 0.3) is 0 Å². The van der Waals surface area contributed by atoms with Gasteiger partial charge < -0.3 is 14.6 Å². The van der Waals surface area contributed by atoms with Crippen molar-refractivity contribution in [2.24, 2.45) is 0 Å². The first-order valence-electron chi connectivity index (χ1n) is 8.32. The number of aliphatic carboxylic acids is 1. The Morgan fingerprint density at radius 1 is 1.00 bits per heavy atom. The van der Waals surface area contributed by atoms with Crippen LogP contribution < -0.4 is 9.84 Å². The zero-order chi connectivity index (χ0) is 18.8. The number of carbonyl (C=O) groups excluding carboxylic acids is 3. The van der Waals surface area contributed by atoms with Crippen molar-refractivity contribution in [2.45, 2.75) is 32.4 Å². The molecule has 0 aliphatic carbocycles. The van der Waals surface area contributed by atoms with Gasteiger partial charge in [0.1, 0.15) is 5.75 Å². The molecular weight excluding hydrogens is 334 g/mol. The number of ether oxygens (including phenoxy) is 1. The summed E-state index contributed by atoms with van der Waals surface area (Å²) >= 11 is 0. The van der Waals surface area contributed by atoms with Gasteiger partial charge in [-0.3, -0.25) is 14.5 Å². The first-order chi connectivity index (χ1) is 12.4. The Balaban J connectivity index is 1.96. The van der Waals surface area contributed by atoms with Gasteiger partial charge in [-0.15, -0.1) is 0 Å². The Bertz CT molecular complexity index is 822. The third-order valence-electron chi connectivity index (χ3n) is 4.13. The maximum absolute atomic E-state index is 12.7. The molecule has 6 heteroatoms. The van der Waals surface area contributed by atoms with Gasteiger partial charge in [0.15, 0.2) is 0 Å². The Hall–Kier alpha value is -3.15. The first-order valence-corrected chi connectivity index (χ1v) is 8.32. The van der Waals surface area contributed by atoms with Gasteiger partial charge in [0, 0.05) is 12.4 Å². The normalized spacial score (nSPS) is 14.5. The molecule has 1 aliphatic heterocycles. The molecule has 3 rings (SSSR count). The monoisotopic (exact) mass is 352 g/mol. The van der Waals surface area contributed by atoms with Crippen LogP contribution in [0.4, 0.5) is 0 Å². The maximum Gasteiger partial charge on any atom is 0.262 e. The fourth-order valence-corrected chi connectivity index (χ4v) is 3.05. The molecule has 134 valence electrons. The predicted molar refractivity (Wildman–Crippen MR) is 91.5 cm³/mol. The van der Waals surface area contributed by atoms with Crippen LogP contribution in [0.15, 0.2) is 48.5 Å². The summed E-state index contributed by atoms with van der Waals surface area (Å²) in [5, 5.41) is 11.3. The fraction of sp³-hybridized carbons (Fsp3) is 0.250. The van der Waals surface area contributed by atoms with E-state index in [0.29, 0.717) is 11.3 Å². The molecule has 0 fully saturated rings. The Labute approximate surface area is 151 Å². The number of hydrogen-bond donors (Lipinski definition) is 0. The van der Waals surface area contributed by atoms with Crippen LogP contribution in [0.3, 0.4) is 0 Å². The second-order valence-electron chi connectivity index (χ2n) is 6.35. The topological polar surface area (TPSA) is 86.7 Å². The van der Waals surface area contributed by atoms with E-state index in [1.54, 1.807) is 48.5 Å². The van der Waals surface area contributed by atoms with Crippen LogP contribution in [0.2, 0.25) is 0 Å². The van der Waals surface area contributed by atoms with Gasteiger partial charge in [0.25, 0.3) is 11.8 Å². The van der Waals surface area contributed by atoms with Gasteiger partial charge in [-0.2, -0.15) is 0 Å². The molecule has 0 bridgehead atoms. The molecule has 26 heavy (non-hydrogen) atoms. The Kier molecular flexibility index (Phi) is 4.75. The number of rotatable bonds is 6. The molecule has 0 radical (unpaired) electrons. The molecule has 2 aromatic carbocycles. The minimum absolute atomic E-state index is 0.00361. The first kappa shape index (κ1) is 17.7. The number of amides is 2. The molecule has 1 atom stereocenters. The molecule has 2 amide bonds. The second kappa shape index (κ2) is 7.00. The highest BCUT2D eigenvalue weighted by Crippen LogP contribution is 2.34. The minimum Gasteiger partial charge on any atom is -0.550 e. The Morgan fingerprint density at radius 2 is 1.54 bits per heavy atom. The van der Waals surface area contributed by atoms with Crippen molar-refractivity contribution < 1.29 is 24.2 Å². The van der Waals surface area contributed by atoms with Gasteiger partial charge in [0.05, 0.1) is 23.3 Å². The number of benzene rings is 2. The third-order valence-corrected chi connectivity index (χ3v) is 4.13. The van der Waals surface area contributed by atoms with Crippen molar-refractivity contribution in [3.8, 4) is 5.75 Å². The molecular formula is C20H18NO5-. The van der Waals surface area contributed by atoms with E-state index in [4.69, 9.17) is 4.74 Å². The SMILES string of the molecule is CC(C)Oc1ccc([C@@H](CC(=O)[O-])N2C(=O)c3ccccc3C2=O)cc1. The van der Waals surface area contributed by atoms with Crippen molar-refractivity contribution in [1.82, 2.24) is 4.90 Å². The molecule has 2 aromatic rings. The summed E-state index contributed by atoms with van der Waals surface area (Å²) in [6.45, 7) is 3.79. The predicted octanol–water partition coefficient (Wildman–Crippen LogP) is 1.95. The summed E-state index contributed by atoms with van der Waals surface area (Å²) in [5.74, 6) is -1.72. The Morgan fingerprint density at radius 3 is 2.00 bits per heavy atom. The molecule has 0 spiro atoms. The van der Waals surface area contributed by atoms with Gasteiger partial charge in [0.2, 0.25) is 0 Å². The van der Waals surface area contributed by atoms with Gasteiger partial charge in [-0.1, -0.05) is 24.3 Å². The van der Waals surface area contributed by atoms with E-state index < -0.39 is 30.2 Å². The zero-order valence-corrected chi connectivity index (χ0v) is 14.5. The smallest absolute Gasteiger partial charge is 0.262 e. The average Bonchev–Trinajstić information content (AvgIpc) is 2.85. The summed E-state index contributed by atoms with van der Waals surface area (Å²) in [7, 11) is 0. The number of imide groups is 1. The van der Waals surface area contributed by atoms with Gasteiger partial charge in [-0.25, -0.2) is 0 Å². The summed E-state index contributed by atoms with van der Waals surface area (Å²) in [4.78, 5) is 37.6. The van der Waals surface area contributed by atoms with Crippen molar-refractivity contribution in [3.63, 3.8) is 0 Å². The van der Waals surface area contributed by atoms with E-state index in [1.165, 1.54) is 0 Å². The van der Waals surface area contributed by atoms with Gasteiger partial charge in [-0.05, 0) is 43.7 Å². The number of fused-ring (bicyclic) bond motifs is 1. The lowest BCUT2D eigenvalue weighted by molar-refractivity contribution is -0.306. The summed E-state index contributed by atoms with van der Waals surface area (Å²) in [6.07, 6.45) is -0.480. The highest BCUT2D eigenvalue weighted by molar-refractivity contribution is 6.21. The van der Waals surface area contributed by atoms with Gasteiger partial charge >= 0.3 is 0 Å². The number of carboxylic acid groups (broad SMARTS) is 1. The standard InChI is InChI=1S/C20H19NO5/c1-12(2)26-14-9-7-13(8-10-14)17(11-18(22)23)21-19(24)15-5-3-4-6-16(15)20(21)25/h3-10,12,17H,11H2,1-2H3,(H,22,23)/p-1/t17-/m1/s1. The lowest BCUT2D eigenvalue weighted by Crippen LogP contribution is -2.38. The van der Waals surface area contributed by atoms with Crippen LogP contribution in [-0.2, 0) is 4.79 Å². The highest BCUT2D eigenvalue weighted by atomic mass is 16.5. The van der Waals surface area contributed by atoms with Crippen LogP contribution in [0, 0.1) is 0 Å². The van der Waals surface area contributed by atoms with Crippen LogP contribution >= 0.6 is 0 Å². The molecule has 0 aromatic heterocycles. The minimum atomic E-state index is -1.34. The van der Waals surface area contributed by atoms with E-state index in [-0.39, 0.29) is 17.2 Å². The van der Waals surface area contributed by atoms with E-state index >= 15 is 0 Å². The van der Waals surface area contributed by atoms with Crippen molar-refractivity contribution >= 4 is 17.8 Å². The lowest BCUT2D eigenvalue weighted by Gasteiger charge is -2.27. The second-order valence-corrected chi connectivity index (χ2v) is 6.35. The number of nitrogens with zero attached hydrogens (tertiary/aromatic N) is 1. The third kappa shape index (κ3) is 3.31. The maximum atomic E-state index is 12.7. The fourth-order valence-electron chi connectivity index (χ4n) is 3.05. The van der Waals surface area contributed by atoms with Crippen molar-refractivity contribution in [1.29, 1.82) is 0 Å². The van der Waals surface area contributed by atoms with Crippen LogP contribution in [0.1, 0.15) is 52.6 Å². The van der Waals surface area contributed by atoms with Crippen molar-refractivity contribution in [3.05, 3.63) is 65.2 Å². The molecule has 6 nitrogen and oxygen atoms in total. The average molecular weight is 352 g/mol. The van der Waals surface area contributed by atoms with E-state index in [9.17, 15) is 19.5 Å². The quantitative estimate of drug-likeness (QED) is 0.742. The van der Waals surface area contributed by atoms with E-state index in [0.717, 1.165) is 4.90 Å². The van der Waals surface area contributed by atoms with Crippen molar-refractivity contribution in [2.75, 3.05) is 0 Å². The number of hydrogen-bond acceptors (Lipinski definition) is 5.